The molecule has 10 heteroatoms. The van der Waals surface area contributed by atoms with Gasteiger partial charge in [0.15, 0.2) is 0 Å². The van der Waals surface area contributed by atoms with Crippen LogP contribution in [0.2, 0.25) is 0 Å². The van der Waals surface area contributed by atoms with Gasteiger partial charge in [0, 0.05) is 0 Å². The van der Waals surface area contributed by atoms with Gasteiger partial charge in [0.05, 0.1) is 0 Å². The normalized spacial score (nSPS) is 16.0. The van der Waals surface area contributed by atoms with Crippen molar-refractivity contribution < 1.29 is 24.5 Å². The molecule has 0 amide bonds. The van der Waals surface area contributed by atoms with Crippen molar-refractivity contribution in [2.75, 3.05) is 6.61 Å². The van der Waals surface area contributed by atoms with E-state index in [1.807, 2.05) is 42.5 Å². The van der Waals surface area contributed by atoms with Crippen molar-refractivity contribution in [3.63, 3.8) is 0 Å². The number of hydrogen-bond donors (Lipinski definition) is 3. The van der Waals surface area contributed by atoms with Gasteiger partial charge in [-0.05, 0) is 0 Å². The van der Waals surface area contributed by atoms with Gasteiger partial charge in [-0.25, -0.2) is 0 Å². The van der Waals surface area contributed by atoms with Crippen LogP contribution in [0.15, 0.2) is 83.2 Å². The third-order valence-electron chi connectivity index (χ3n) is 5.95. The predicted octanol–water partition coefficient (Wildman–Crippen LogP) is 3.51. The van der Waals surface area contributed by atoms with E-state index in [0.29, 0.717) is 42.3 Å². The second-order valence-electron chi connectivity index (χ2n) is 8.45. The Bertz CT molecular complexity index is 1380. The number of carbonyl (C=O) groups excluding carboxylic acids is 1. The van der Waals surface area contributed by atoms with Crippen LogP contribution < -0.4 is 4.74 Å². The molecular weight excluding hydrogens is 535 g/mol. The number of para-hydroxylation sites is 1. The van der Waals surface area contributed by atoms with Gasteiger partial charge in [-0.1, -0.05) is 0 Å². The summed E-state index contributed by atoms with van der Waals surface area (Å²) in [5.41, 5.74) is 2.20. The molecule has 1 aliphatic heterocycles. The Morgan fingerprint density at radius 1 is 1.05 bits per heavy atom. The number of phenolic OH excluding ortho intramolecular Hbond substituents is 1. The molecule has 0 aliphatic carbocycles. The van der Waals surface area contributed by atoms with Gasteiger partial charge in [0.25, 0.3) is 0 Å². The minimum absolute atomic E-state index is 0.0416. The number of tetrazole rings is 1. The van der Waals surface area contributed by atoms with Crippen LogP contribution in [0, 0.1) is 0 Å². The molecule has 0 saturated carbocycles. The number of aliphatic hydroxyl groups excluding tert-OH is 1. The molecular formula is C27H25AsN4O5. The van der Waals surface area contributed by atoms with Crippen LogP contribution in [0.5, 0.6) is 11.5 Å². The summed E-state index contributed by atoms with van der Waals surface area (Å²) >= 11 is -1.40. The zero-order valence-corrected chi connectivity index (χ0v) is 21.8. The van der Waals surface area contributed by atoms with E-state index in [1.165, 1.54) is 0 Å². The number of ether oxygens (including phenoxy) is 2. The van der Waals surface area contributed by atoms with Crippen molar-refractivity contribution in [1.82, 2.24) is 20.6 Å². The molecule has 0 radical (unpaired) electrons. The first-order valence-electron chi connectivity index (χ1n) is 11.8. The van der Waals surface area contributed by atoms with Crippen molar-refractivity contribution in [1.29, 1.82) is 0 Å². The molecule has 3 unspecified atom stereocenters. The Balaban J connectivity index is 1.39. The third kappa shape index (κ3) is 5.80. The number of aliphatic hydroxyl groups is 1. The van der Waals surface area contributed by atoms with Gasteiger partial charge in [0.2, 0.25) is 0 Å². The van der Waals surface area contributed by atoms with E-state index in [4.69, 9.17) is 9.47 Å². The molecule has 5 rings (SSSR count). The number of H-pyrrole nitrogens is 1. The molecule has 1 aromatic heterocycles. The molecule has 3 N–H and O–H groups in total. The quantitative estimate of drug-likeness (QED) is 0.199. The number of nitrogens with zero attached hydrogens (tertiary/aromatic N) is 3. The van der Waals surface area contributed by atoms with Crippen molar-refractivity contribution in [3.8, 4) is 11.5 Å². The Labute approximate surface area is 219 Å². The Morgan fingerprint density at radius 2 is 1.81 bits per heavy atom. The van der Waals surface area contributed by atoms with E-state index in [9.17, 15) is 15.0 Å². The summed E-state index contributed by atoms with van der Waals surface area (Å²) in [7, 11) is 0. The molecule has 0 fully saturated rings. The molecule has 0 spiro atoms. The van der Waals surface area contributed by atoms with Crippen molar-refractivity contribution in [2.24, 2.45) is 0 Å². The minimum atomic E-state index is -1.40. The van der Waals surface area contributed by atoms with Gasteiger partial charge in [-0.15, -0.1) is 0 Å². The maximum absolute atomic E-state index is 13.3. The second kappa shape index (κ2) is 11.5. The number of aromatic amines is 1. The summed E-state index contributed by atoms with van der Waals surface area (Å²) < 4.78 is 13.4. The molecule has 188 valence electrons. The average molecular weight is 560 g/mol. The molecule has 9 nitrogen and oxygen atoms in total. The third-order valence-corrected chi connectivity index (χ3v) is 8.62. The van der Waals surface area contributed by atoms with E-state index < -0.39 is 28.0 Å². The summed E-state index contributed by atoms with van der Waals surface area (Å²) in [6.07, 6.45) is -0.123. The zero-order valence-electron chi connectivity index (χ0n) is 19.7. The molecule has 3 aromatic carbocycles. The summed E-state index contributed by atoms with van der Waals surface area (Å²) in [6, 6.07) is 23.2. The summed E-state index contributed by atoms with van der Waals surface area (Å²) in [5, 5.41) is 34.2. The van der Waals surface area contributed by atoms with Crippen LogP contribution in [-0.4, -0.2) is 57.8 Å². The van der Waals surface area contributed by atoms with Gasteiger partial charge < -0.3 is 0 Å². The first kappa shape index (κ1) is 24.9. The van der Waals surface area contributed by atoms with Crippen molar-refractivity contribution in [2.45, 2.75) is 25.0 Å². The number of fused-ring (bicyclic) bond motifs is 1. The van der Waals surface area contributed by atoms with Gasteiger partial charge in [0.1, 0.15) is 0 Å². The summed E-state index contributed by atoms with van der Waals surface area (Å²) in [4.78, 5) is 13.3. The number of rotatable bonds is 10. The second-order valence-corrected chi connectivity index (χ2v) is 11.1. The van der Waals surface area contributed by atoms with Gasteiger partial charge in [-0.3, -0.25) is 0 Å². The van der Waals surface area contributed by atoms with Crippen molar-refractivity contribution >= 4 is 26.1 Å². The fourth-order valence-electron chi connectivity index (χ4n) is 4.08. The molecule has 0 saturated heterocycles. The van der Waals surface area contributed by atoms with Crippen LogP contribution in [0.1, 0.15) is 52.4 Å². The first-order valence-corrected chi connectivity index (χ1v) is 13.9. The number of aromatic nitrogens is 4. The number of aromatic hydroxyl groups is 1. The van der Waals surface area contributed by atoms with Crippen molar-refractivity contribution in [3.05, 3.63) is 106 Å². The number of nitrogens with one attached hydrogen (secondary N) is 1. The summed E-state index contributed by atoms with van der Waals surface area (Å²) in [5.74, 6) is 1.53. The summed E-state index contributed by atoms with van der Waals surface area (Å²) in [6.45, 7) is 0.352. The van der Waals surface area contributed by atoms with Crippen LogP contribution in [-0.2, 0) is 4.74 Å². The van der Waals surface area contributed by atoms with E-state index in [-0.39, 0.29) is 10.3 Å². The van der Waals surface area contributed by atoms with E-state index >= 15 is 0 Å². The fraction of sp³-hybridized carbons (Fsp3) is 0.185. The molecule has 37 heavy (non-hydrogen) atoms. The van der Waals surface area contributed by atoms with Crippen LogP contribution >= 0.6 is 0 Å². The molecule has 2 heterocycles. The maximum atomic E-state index is 13.3. The van der Waals surface area contributed by atoms with Crippen LogP contribution in [0.25, 0.3) is 5.76 Å². The number of carbonyl (C=O) groups is 1. The number of benzene rings is 3. The molecule has 3 atom stereocenters. The average Bonchev–Trinajstić information content (AvgIpc) is 3.47. The Hall–Kier alpha value is -3.78. The van der Waals surface area contributed by atoms with Gasteiger partial charge in [-0.2, -0.15) is 0 Å². The number of hydrogen-bond acceptors (Lipinski definition) is 8. The Kier molecular flexibility index (Phi) is 7.75. The van der Waals surface area contributed by atoms with E-state index in [1.54, 1.807) is 36.4 Å². The molecule has 0 bridgehead atoms. The zero-order chi connectivity index (χ0) is 25.6. The van der Waals surface area contributed by atoms with Crippen LogP contribution in [0.4, 0.5) is 0 Å². The molecule has 1 aliphatic rings. The van der Waals surface area contributed by atoms with Crippen LogP contribution in [0.3, 0.4) is 0 Å². The fourth-order valence-corrected chi connectivity index (χ4v) is 6.62. The first-order chi connectivity index (χ1) is 18.1. The monoisotopic (exact) mass is 560 g/mol. The predicted molar refractivity (Wildman–Crippen MR) is 137 cm³/mol. The standard InChI is InChI=1S/C27H25AsN4O5/c33-19-14-12-17(13-15-19)21(34)10-6-16-36-24-20-9-4-5-11-22(20)37-25(27-29-31-32-30-27)23(24)28-26(35)18-7-2-1-3-8-18/h1-5,7-9,11-15,21,24,28,33-34H,6,10,16H2,(H,29,30,31,32). The SMILES string of the molecule is O=C([AsH]C1=C(c2nnn[nH]2)Oc2ccccc2C1OCCCC(O)c1ccc(O)cc1)c1ccccc1. The number of phenols is 1. The van der Waals surface area contributed by atoms with E-state index in [0.717, 1.165) is 15.5 Å². The van der Waals surface area contributed by atoms with Gasteiger partial charge >= 0.3 is 220 Å². The Morgan fingerprint density at radius 3 is 2.57 bits per heavy atom. The topological polar surface area (TPSA) is 130 Å². The van der Waals surface area contributed by atoms with E-state index in [2.05, 4.69) is 20.6 Å². The molecule has 4 aromatic rings.